The molecule has 1 aromatic heterocycles. The van der Waals surface area contributed by atoms with Gasteiger partial charge in [-0.1, -0.05) is 30.3 Å². The molecule has 1 spiro atoms. The lowest BCUT2D eigenvalue weighted by Gasteiger charge is -2.38. The van der Waals surface area contributed by atoms with E-state index in [-0.39, 0.29) is 11.6 Å². The SMILES string of the molecule is CN1CCCC2(CCN(C(=O)NCc3ccc(Cn4ccccc4=O)cc3)C2)C1. The molecule has 1 aromatic carbocycles. The van der Waals surface area contributed by atoms with Gasteiger partial charge < -0.3 is 19.7 Å². The summed E-state index contributed by atoms with van der Waals surface area (Å²) < 4.78 is 1.68. The maximum Gasteiger partial charge on any atom is 0.317 e. The Morgan fingerprint density at radius 2 is 1.83 bits per heavy atom. The number of urea groups is 1. The molecule has 0 radical (unpaired) electrons. The third-order valence-electron chi connectivity index (χ3n) is 6.30. The van der Waals surface area contributed by atoms with E-state index >= 15 is 0 Å². The largest absolute Gasteiger partial charge is 0.334 e. The van der Waals surface area contributed by atoms with Crippen LogP contribution >= 0.6 is 0 Å². The number of hydrogen-bond acceptors (Lipinski definition) is 3. The Bertz CT molecular complexity index is 908. The first-order valence-electron chi connectivity index (χ1n) is 10.5. The Morgan fingerprint density at radius 3 is 2.59 bits per heavy atom. The van der Waals surface area contributed by atoms with Gasteiger partial charge in [-0.25, -0.2) is 4.79 Å². The van der Waals surface area contributed by atoms with E-state index in [1.807, 2.05) is 35.2 Å². The maximum atomic E-state index is 12.6. The van der Waals surface area contributed by atoms with E-state index in [1.165, 1.54) is 19.4 Å². The van der Waals surface area contributed by atoms with Crippen molar-refractivity contribution >= 4 is 6.03 Å². The molecule has 1 N–H and O–H groups in total. The molecule has 0 saturated carbocycles. The second-order valence-corrected chi connectivity index (χ2v) is 8.65. The summed E-state index contributed by atoms with van der Waals surface area (Å²) in [6.07, 6.45) is 5.36. The van der Waals surface area contributed by atoms with Crippen LogP contribution in [0, 0.1) is 5.41 Å². The molecule has 6 heteroatoms. The van der Waals surface area contributed by atoms with Gasteiger partial charge in [0, 0.05) is 43.9 Å². The van der Waals surface area contributed by atoms with Crippen LogP contribution in [0.2, 0.25) is 0 Å². The maximum absolute atomic E-state index is 12.6. The highest BCUT2D eigenvalue weighted by molar-refractivity contribution is 5.74. The second-order valence-electron chi connectivity index (χ2n) is 8.65. The highest BCUT2D eigenvalue weighted by atomic mass is 16.2. The van der Waals surface area contributed by atoms with E-state index < -0.39 is 0 Å². The molecule has 1 unspecified atom stereocenters. The number of nitrogens with zero attached hydrogens (tertiary/aromatic N) is 3. The monoisotopic (exact) mass is 394 g/mol. The summed E-state index contributed by atoms with van der Waals surface area (Å²) in [5, 5.41) is 3.07. The smallest absolute Gasteiger partial charge is 0.317 e. The highest BCUT2D eigenvalue weighted by Gasteiger charge is 2.41. The first-order chi connectivity index (χ1) is 14.0. The molecule has 2 amide bonds. The lowest BCUT2D eigenvalue weighted by atomic mass is 9.79. The van der Waals surface area contributed by atoms with E-state index in [2.05, 4.69) is 17.3 Å². The van der Waals surface area contributed by atoms with Gasteiger partial charge in [0.2, 0.25) is 0 Å². The number of piperidine rings is 1. The van der Waals surface area contributed by atoms with Gasteiger partial charge in [-0.3, -0.25) is 4.79 Å². The first-order valence-corrected chi connectivity index (χ1v) is 10.5. The van der Waals surface area contributed by atoms with Crippen molar-refractivity contribution in [3.05, 3.63) is 70.1 Å². The summed E-state index contributed by atoms with van der Waals surface area (Å²) in [4.78, 5) is 28.8. The third kappa shape index (κ3) is 4.70. The summed E-state index contributed by atoms with van der Waals surface area (Å²) in [6, 6.07) is 13.3. The zero-order chi connectivity index (χ0) is 20.3. The number of rotatable bonds is 4. The molecule has 2 saturated heterocycles. The fourth-order valence-corrected chi connectivity index (χ4v) is 4.74. The van der Waals surface area contributed by atoms with Crippen LogP contribution in [-0.2, 0) is 13.1 Å². The number of nitrogens with one attached hydrogen (secondary N) is 1. The molecule has 2 aliphatic heterocycles. The quantitative estimate of drug-likeness (QED) is 0.867. The molecular weight excluding hydrogens is 364 g/mol. The van der Waals surface area contributed by atoms with Crippen molar-refractivity contribution in [1.29, 1.82) is 0 Å². The number of hydrogen-bond donors (Lipinski definition) is 1. The average molecular weight is 395 g/mol. The summed E-state index contributed by atoms with van der Waals surface area (Å²) in [5.41, 5.74) is 2.42. The van der Waals surface area contributed by atoms with E-state index in [0.717, 1.165) is 37.2 Å². The van der Waals surface area contributed by atoms with Gasteiger partial charge in [-0.2, -0.15) is 0 Å². The zero-order valence-corrected chi connectivity index (χ0v) is 17.1. The van der Waals surface area contributed by atoms with Gasteiger partial charge in [0.15, 0.2) is 0 Å². The van der Waals surface area contributed by atoms with Gasteiger partial charge >= 0.3 is 6.03 Å². The molecule has 0 aliphatic carbocycles. The van der Waals surface area contributed by atoms with Crippen LogP contribution in [0.5, 0.6) is 0 Å². The molecular formula is C23H30N4O2. The van der Waals surface area contributed by atoms with Crippen molar-refractivity contribution in [3.63, 3.8) is 0 Å². The van der Waals surface area contributed by atoms with Gasteiger partial charge in [-0.15, -0.1) is 0 Å². The van der Waals surface area contributed by atoms with Crippen LogP contribution in [0.25, 0.3) is 0 Å². The van der Waals surface area contributed by atoms with Gasteiger partial charge in [0.05, 0.1) is 6.54 Å². The number of aromatic nitrogens is 1. The second kappa shape index (κ2) is 8.41. The number of carbonyl (C=O) groups is 1. The predicted octanol–water partition coefficient (Wildman–Crippen LogP) is 2.52. The lowest BCUT2D eigenvalue weighted by Crippen LogP contribution is -2.45. The fourth-order valence-electron chi connectivity index (χ4n) is 4.74. The number of benzene rings is 1. The van der Waals surface area contributed by atoms with Crippen molar-refractivity contribution in [2.45, 2.75) is 32.4 Å². The predicted molar refractivity (Wildman–Crippen MR) is 114 cm³/mol. The molecule has 1 atom stereocenters. The van der Waals surface area contributed by atoms with Crippen molar-refractivity contribution in [1.82, 2.24) is 19.7 Å². The van der Waals surface area contributed by atoms with Crippen LogP contribution in [0.3, 0.4) is 0 Å². The van der Waals surface area contributed by atoms with E-state index in [1.54, 1.807) is 22.9 Å². The Balaban J connectivity index is 1.28. The van der Waals surface area contributed by atoms with Crippen LogP contribution in [0.15, 0.2) is 53.5 Å². The minimum Gasteiger partial charge on any atom is -0.334 e. The molecule has 3 heterocycles. The van der Waals surface area contributed by atoms with Crippen molar-refractivity contribution in [2.24, 2.45) is 5.41 Å². The summed E-state index contributed by atoms with van der Waals surface area (Å²) in [7, 11) is 2.18. The van der Waals surface area contributed by atoms with E-state index in [0.29, 0.717) is 18.5 Å². The van der Waals surface area contributed by atoms with E-state index in [9.17, 15) is 9.59 Å². The zero-order valence-electron chi connectivity index (χ0n) is 17.1. The number of likely N-dealkylation sites (tertiary alicyclic amines) is 2. The first kappa shape index (κ1) is 19.7. The lowest BCUT2D eigenvalue weighted by molar-refractivity contribution is 0.115. The minimum absolute atomic E-state index is 0.00335. The Morgan fingerprint density at radius 1 is 1.03 bits per heavy atom. The molecule has 2 aliphatic rings. The molecule has 154 valence electrons. The Hall–Kier alpha value is -2.60. The summed E-state index contributed by atoms with van der Waals surface area (Å²) >= 11 is 0. The molecule has 2 aromatic rings. The summed E-state index contributed by atoms with van der Waals surface area (Å²) in [6.45, 7) is 5.06. The van der Waals surface area contributed by atoms with E-state index in [4.69, 9.17) is 0 Å². The average Bonchev–Trinajstić information content (AvgIpc) is 3.12. The van der Waals surface area contributed by atoms with Crippen LogP contribution in [0.1, 0.15) is 30.4 Å². The standard InChI is InChI=1S/C23H30N4O2/c1-25-12-4-10-23(17-25)11-14-27(18-23)22(29)24-15-19-6-8-20(9-7-19)16-26-13-3-2-5-21(26)28/h2-3,5-9,13H,4,10-12,14-18H2,1H3,(H,24,29). The summed E-state index contributed by atoms with van der Waals surface area (Å²) in [5.74, 6) is 0. The molecule has 29 heavy (non-hydrogen) atoms. The van der Waals surface area contributed by atoms with Crippen LogP contribution in [-0.4, -0.2) is 53.6 Å². The van der Waals surface area contributed by atoms with Gasteiger partial charge in [0.25, 0.3) is 5.56 Å². The third-order valence-corrected chi connectivity index (χ3v) is 6.30. The van der Waals surface area contributed by atoms with Gasteiger partial charge in [0.1, 0.15) is 0 Å². The number of amides is 2. The number of pyridine rings is 1. The van der Waals surface area contributed by atoms with Crippen molar-refractivity contribution in [2.75, 3.05) is 33.2 Å². The fraction of sp³-hybridized carbons (Fsp3) is 0.478. The van der Waals surface area contributed by atoms with Gasteiger partial charge in [-0.05, 0) is 50.0 Å². The van der Waals surface area contributed by atoms with Crippen LogP contribution in [0.4, 0.5) is 4.79 Å². The van der Waals surface area contributed by atoms with Crippen molar-refractivity contribution in [3.8, 4) is 0 Å². The highest BCUT2D eigenvalue weighted by Crippen LogP contribution is 2.38. The van der Waals surface area contributed by atoms with Crippen molar-refractivity contribution < 1.29 is 4.79 Å². The molecule has 2 fully saturated rings. The Kier molecular flexibility index (Phi) is 5.72. The molecule has 4 rings (SSSR count). The minimum atomic E-state index is -0.00335. The number of carbonyl (C=O) groups excluding carboxylic acids is 1. The molecule has 6 nitrogen and oxygen atoms in total. The molecule has 0 bridgehead atoms. The normalized spacial score (nSPS) is 22.2. The Labute approximate surface area is 172 Å². The van der Waals surface area contributed by atoms with Crippen LogP contribution < -0.4 is 10.9 Å². The topological polar surface area (TPSA) is 57.6 Å².